The molecule has 4 rings (SSSR count). The largest absolute Gasteiger partial charge is 0.399 e. The summed E-state index contributed by atoms with van der Waals surface area (Å²) in [7, 11) is 0. The van der Waals surface area contributed by atoms with Crippen molar-refractivity contribution in [1.29, 1.82) is 0 Å². The number of hydrogen-bond donors (Lipinski definition) is 2. The molecule has 0 unspecified atom stereocenters. The molecule has 2 heteroatoms. The van der Waals surface area contributed by atoms with Crippen molar-refractivity contribution in [2.24, 2.45) is 0 Å². The van der Waals surface area contributed by atoms with E-state index in [1.165, 1.54) is 57.3 Å². The zero-order valence-electron chi connectivity index (χ0n) is 20.5. The number of nitrogens with two attached hydrogens (primary N) is 2. The average molecular weight is 449 g/mol. The van der Waals surface area contributed by atoms with Gasteiger partial charge in [-0.15, -0.1) is 0 Å². The van der Waals surface area contributed by atoms with Gasteiger partial charge in [-0.25, -0.2) is 0 Å². The lowest BCUT2D eigenvalue weighted by Crippen LogP contribution is -1.95. The summed E-state index contributed by atoms with van der Waals surface area (Å²) < 4.78 is 0. The van der Waals surface area contributed by atoms with Crippen LogP contribution < -0.4 is 11.5 Å². The normalized spacial score (nSPS) is 11.0. The lowest BCUT2D eigenvalue weighted by molar-refractivity contribution is 0.734. The minimum atomic E-state index is 0.834. The molecular formula is C32H36N2. The van der Waals surface area contributed by atoms with E-state index in [2.05, 4.69) is 86.6 Å². The van der Waals surface area contributed by atoms with Crippen LogP contribution in [0.1, 0.15) is 57.3 Å². The summed E-state index contributed by atoms with van der Waals surface area (Å²) in [5.74, 6) is 0. The van der Waals surface area contributed by atoms with Gasteiger partial charge in [0.1, 0.15) is 0 Å². The second-order valence-corrected chi connectivity index (χ2v) is 9.57. The molecule has 174 valence electrons. The molecule has 0 aliphatic rings. The highest BCUT2D eigenvalue weighted by molar-refractivity contribution is 5.46. The molecule has 0 heterocycles. The first-order valence-corrected chi connectivity index (χ1v) is 12.3. The molecule has 4 aromatic carbocycles. The van der Waals surface area contributed by atoms with Crippen molar-refractivity contribution >= 4 is 11.4 Å². The number of aryl methyl sites for hydroxylation is 4. The van der Waals surface area contributed by atoms with Crippen molar-refractivity contribution in [3.8, 4) is 0 Å². The smallest absolute Gasteiger partial charge is 0.0316 e. The Labute approximate surface area is 204 Å². The summed E-state index contributed by atoms with van der Waals surface area (Å²) in [5.41, 5.74) is 24.2. The first kappa shape index (κ1) is 23.6. The molecule has 0 aliphatic carbocycles. The molecule has 2 nitrogen and oxygen atoms in total. The Morgan fingerprint density at radius 3 is 1.18 bits per heavy atom. The van der Waals surface area contributed by atoms with E-state index in [0.29, 0.717) is 0 Å². The van der Waals surface area contributed by atoms with Crippen LogP contribution in [0.25, 0.3) is 0 Å². The highest BCUT2D eigenvalue weighted by Crippen LogP contribution is 2.19. The van der Waals surface area contributed by atoms with Crippen LogP contribution in [0.5, 0.6) is 0 Å². The minimum Gasteiger partial charge on any atom is -0.399 e. The number of unbranched alkanes of at least 4 members (excludes halogenated alkanes) is 1. The molecule has 0 amide bonds. The van der Waals surface area contributed by atoms with Gasteiger partial charge in [0.25, 0.3) is 0 Å². The summed E-state index contributed by atoms with van der Waals surface area (Å²) in [6.07, 6.45) is 6.61. The van der Waals surface area contributed by atoms with Crippen LogP contribution >= 0.6 is 0 Å². The Morgan fingerprint density at radius 1 is 0.471 bits per heavy atom. The summed E-state index contributed by atoms with van der Waals surface area (Å²) in [4.78, 5) is 0. The molecule has 4 aromatic rings. The van der Waals surface area contributed by atoms with E-state index in [4.69, 9.17) is 11.5 Å². The van der Waals surface area contributed by atoms with Gasteiger partial charge in [0.2, 0.25) is 0 Å². The lowest BCUT2D eigenvalue weighted by Gasteiger charge is -2.09. The summed E-state index contributed by atoms with van der Waals surface area (Å²) in [5, 5.41) is 0. The fraction of sp³-hybridized carbons (Fsp3) is 0.250. The van der Waals surface area contributed by atoms with Crippen molar-refractivity contribution < 1.29 is 0 Å². The van der Waals surface area contributed by atoms with Gasteiger partial charge in [0, 0.05) is 11.4 Å². The highest BCUT2D eigenvalue weighted by Gasteiger charge is 2.04. The highest BCUT2D eigenvalue weighted by atomic mass is 14.5. The van der Waals surface area contributed by atoms with Gasteiger partial charge in [-0.1, -0.05) is 60.7 Å². The van der Waals surface area contributed by atoms with Gasteiger partial charge in [-0.2, -0.15) is 0 Å². The Bertz CT molecular complexity index is 1120. The second-order valence-electron chi connectivity index (χ2n) is 9.57. The monoisotopic (exact) mass is 448 g/mol. The van der Waals surface area contributed by atoms with Crippen LogP contribution in [0.15, 0.2) is 84.9 Å². The van der Waals surface area contributed by atoms with Gasteiger partial charge in [0.15, 0.2) is 0 Å². The van der Waals surface area contributed by atoms with E-state index in [1.807, 2.05) is 12.1 Å². The molecule has 0 spiro atoms. The van der Waals surface area contributed by atoms with Crippen LogP contribution in [0.4, 0.5) is 11.4 Å². The minimum absolute atomic E-state index is 0.834. The lowest BCUT2D eigenvalue weighted by atomic mass is 9.97. The van der Waals surface area contributed by atoms with Gasteiger partial charge in [-0.05, 0) is 121 Å². The van der Waals surface area contributed by atoms with E-state index in [9.17, 15) is 0 Å². The Hall–Kier alpha value is -3.52. The summed E-state index contributed by atoms with van der Waals surface area (Å²) in [6.45, 7) is 4.27. The molecule has 0 aliphatic heterocycles. The number of hydrogen-bond acceptors (Lipinski definition) is 2. The van der Waals surface area contributed by atoms with Gasteiger partial charge < -0.3 is 11.5 Å². The van der Waals surface area contributed by atoms with Crippen LogP contribution in [0.2, 0.25) is 0 Å². The standard InChI is InChI=1S/C32H36N2/c1-23-19-31(33)17-15-29(23)21-27-11-7-25(8-12-27)5-3-4-6-26-9-13-28(14-10-26)22-30-16-18-32(34)20-24(30)2/h7-20H,3-6,21-22,33-34H2,1-2H3. The number of anilines is 2. The number of nitrogen functional groups attached to an aromatic ring is 2. The maximum atomic E-state index is 5.88. The summed E-state index contributed by atoms with van der Waals surface area (Å²) >= 11 is 0. The maximum absolute atomic E-state index is 5.88. The topological polar surface area (TPSA) is 52.0 Å². The second kappa shape index (κ2) is 11.1. The van der Waals surface area contributed by atoms with E-state index in [1.54, 1.807) is 0 Å². The predicted octanol–water partition coefficient (Wildman–Crippen LogP) is 7.21. The van der Waals surface area contributed by atoms with Crippen LogP contribution in [0.3, 0.4) is 0 Å². The Kier molecular flexibility index (Phi) is 7.69. The van der Waals surface area contributed by atoms with Gasteiger partial charge >= 0.3 is 0 Å². The fourth-order valence-electron chi connectivity index (χ4n) is 4.58. The zero-order chi connectivity index (χ0) is 23.9. The molecule has 0 atom stereocenters. The van der Waals surface area contributed by atoms with E-state index in [-0.39, 0.29) is 0 Å². The van der Waals surface area contributed by atoms with Gasteiger partial charge in [-0.3, -0.25) is 0 Å². The van der Waals surface area contributed by atoms with E-state index >= 15 is 0 Å². The van der Waals surface area contributed by atoms with Crippen molar-refractivity contribution in [2.45, 2.75) is 52.4 Å². The molecule has 34 heavy (non-hydrogen) atoms. The molecule has 0 saturated heterocycles. The van der Waals surface area contributed by atoms with E-state index < -0.39 is 0 Å². The first-order valence-electron chi connectivity index (χ1n) is 12.3. The molecule has 4 N–H and O–H groups in total. The molecular weight excluding hydrogens is 412 g/mol. The van der Waals surface area contributed by atoms with Crippen LogP contribution in [-0.2, 0) is 25.7 Å². The molecule has 0 radical (unpaired) electrons. The third kappa shape index (κ3) is 6.51. The number of rotatable bonds is 9. The van der Waals surface area contributed by atoms with Gasteiger partial charge in [0.05, 0.1) is 0 Å². The fourth-order valence-corrected chi connectivity index (χ4v) is 4.58. The Morgan fingerprint density at radius 2 is 0.824 bits per heavy atom. The van der Waals surface area contributed by atoms with Crippen LogP contribution in [-0.4, -0.2) is 0 Å². The predicted molar refractivity (Wildman–Crippen MR) is 146 cm³/mol. The molecule has 0 aromatic heterocycles. The van der Waals surface area contributed by atoms with E-state index in [0.717, 1.165) is 37.1 Å². The van der Waals surface area contributed by atoms with Crippen molar-refractivity contribution in [1.82, 2.24) is 0 Å². The number of benzene rings is 4. The van der Waals surface area contributed by atoms with Crippen molar-refractivity contribution in [3.05, 3.63) is 129 Å². The molecule has 0 saturated carbocycles. The molecule has 0 fully saturated rings. The first-order chi connectivity index (χ1) is 16.5. The third-order valence-electron chi connectivity index (χ3n) is 6.75. The quantitative estimate of drug-likeness (QED) is 0.210. The maximum Gasteiger partial charge on any atom is 0.0316 e. The zero-order valence-corrected chi connectivity index (χ0v) is 20.5. The van der Waals surface area contributed by atoms with Crippen molar-refractivity contribution in [2.75, 3.05) is 11.5 Å². The van der Waals surface area contributed by atoms with Crippen LogP contribution in [0, 0.1) is 13.8 Å². The molecule has 0 bridgehead atoms. The third-order valence-corrected chi connectivity index (χ3v) is 6.75. The van der Waals surface area contributed by atoms with Crippen molar-refractivity contribution in [3.63, 3.8) is 0 Å². The average Bonchev–Trinajstić information content (AvgIpc) is 2.82. The Balaban J connectivity index is 1.22. The summed E-state index contributed by atoms with van der Waals surface area (Å²) in [6, 6.07) is 30.6. The SMILES string of the molecule is Cc1cc(N)ccc1Cc1ccc(CCCCc2ccc(Cc3ccc(N)cc3C)cc2)cc1.